The summed E-state index contributed by atoms with van der Waals surface area (Å²) in [6.07, 6.45) is 3.30. The third-order valence-corrected chi connectivity index (χ3v) is 4.50. The quantitative estimate of drug-likeness (QED) is 0.855. The first-order valence-corrected chi connectivity index (χ1v) is 7.60. The number of benzene rings is 1. The Balaban J connectivity index is 1.82. The van der Waals surface area contributed by atoms with Crippen molar-refractivity contribution < 1.29 is 13.9 Å². The van der Waals surface area contributed by atoms with E-state index in [9.17, 15) is 4.79 Å². The van der Waals surface area contributed by atoms with Gasteiger partial charge in [0.15, 0.2) is 5.76 Å². The molecule has 0 unspecified atom stereocenters. The Hall–Kier alpha value is -2.23. The molecule has 0 bridgehead atoms. The van der Waals surface area contributed by atoms with E-state index in [2.05, 4.69) is 6.07 Å². The van der Waals surface area contributed by atoms with E-state index < -0.39 is 0 Å². The van der Waals surface area contributed by atoms with Crippen molar-refractivity contribution >= 4 is 5.91 Å². The van der Waals surface area contributed by atoms with Gasteiger partial charge in [0.05, 0.1) is 13.4 Å². The summed E-state index contributed by atoms with van der Waals surface area (Å²) in [5.74, 6) is 1.37. The molecular weight excluding hydrogens is 278 g/mol. The van der Waals surface area contributed by atoms with Gasteiger partial charge in [-0.1, -0.05) is 12.1 Å². The Morgan fingerprint density at radius 1 is 1.23 bits per heavy atom. The average molecular weight is 299 g/mol. The molecule has 0 saturated heterocycles. The van der Waals surface area contributed by atoms with E-state index in [0.717, 1.165) is 29.7 Å². The highest BCUT2D eigenvalue weighted by Gasteiger charge is 2.25. The van der Waals surface area contributed by atoms with E-state index in [4.69, 9.17) is 9.15 Å². The Morgan fingerprint density at radius 2 is 2.00 bits per heavy atom. The molecule has 0 aliphatic carbocycles. The zero-order valence-corrected chi connectivity index (χ0v) is 13.3. The predicted molar refractivity (Wildman–Crippen MR) is 84.5 cm³/mol. The topological polar surface area (TPSA) is 42.7 Å². The summed E-state index contributed by atoms with van der Waals surface area (Å²) in [6, 6.07) is 6.11. The second kappa shape index (κ2) is 5.87. The monoisotopic (exact) mass is 299 g/mol. The number of fused-ring (bicyclic) bond motifs is 1. The van der Waals surface area contributed by atoms with E-state index in [1.165, 1.54) is 11.1 Å². The number of rotatable bonds is 2. The van der Waals surface area contributed by atoms with Crippen LogP contribution in [0.2, 0.25) is 0 Å². The lowest BCUT2D eigenvalue weighted by Gasteiger charge is -2.19. The number of nitrogens with zero attached hydrogens (tertiary/aromatic N) is 1. The Morgan fingerprint density at radius 3 is 2.68 bits per heavy atom. The van der Waals surface area contributed by atoms with Crippen LogP contribution in [0.25, 0.3) is 0 Å². The minimum Gasteiger partial charge on any atom is -0.496 e. The zero-order valence-electron chi connectivity index (χ0n) is 13.3. The van der Waals surface area contributed by atoms with Crippen molar-refractivity contribution in [3.05, 3.63) is 52.5 Å². The fourth-order valence-corrected chi connectivity index (χ4v) is 2.99. The molecule has 116 valence electrons. The summed E-state index contributed by atoms with van der Waals surface area (Å²) in [4.78, 5) is 14.6. The Labute approximate surface area is 130 Å². The van der Waals surface area contributed by atoms with E-state index in [-0.39, 0.29) is 5.91 Å². The zero-order chi connectivity index (χ0) is 15.7. The minimum absolute atomic E-state index is 0.0163. The normalized spacial score (nSPS) is 14.4. The summed E-state index contributed by atoms with van der Waals surface area (Å²) in [7, 11) is 1.69. The van der Waals surface area contributed by atoms with Gasteiger partial charge in [-0.2, -0.15) is 0 Å². The van der Waals surface area contributed by atoms with Crippen molar-refractivity contribution in [1.29, 1.82) is 0 Å². The standard InChI is InChI=1S/C18H21NO3/c1-12-11-22-17(13(12)2)18(20)19-9-7-14-5-4-6-16(21-3)15(14)8-10-19/h4-6,11H,7-10H2,1-3H3. The summed E-state index contributed by atoms with van der Waals surface area (Å²) < 4.78 is 10.9. The van der Waals surface area contributed by atoms with Gasteiger partial charge in [0.1, 0.15) is 5.75 Å². The molecule has 1 aromatic carbocycles. The number of carbonyl (C=O) groups excluding carboxylic acids is 1. The third-order valence-electron chi connectivity index (χ3n) is 4.50. The van der Waals surface area contributed by atoms with Gasteiger partial charge in [-0.05, 0) is 49.4 Å². The number of hydrogen-bond acceptors (Lipinski definition) is 3. The maximum absolute atomic E-state index is 12.7. The van der Waals surface area contributed by atoms with Crippen LogP contribution < -0.4 is 4.74 Å². The van der Waals surface area contributed by atoms with E-state index in [1.807, 2.05) is 30.9 Å². The fourth-order valence-electron chi connectivity index (χ4n) is 2.99. The number of aryl methyl sites for hydroxylation is 1. The highest BCUT2D eigenvalue weighted by Crippen LogP contribution is 2.27. The van der Waals surface area contributed by atoms with E-state index in [1.54, 1.807) is 13.4 Å². The summed E-state index contributed by atoms with van der Waals surface area (Å²) in [6.45, 7) is 5.28. The van der Waals surface area contributed by atoms with Crippen LogP contribution in [0.4, 0.5) is 0 Å². The average Bonchev–Trinajstić information content (AvgIpc) is 2.75. The minimum atomic E-state index is -0.0163. The van der Waals surface area contributed by atoms with Gasteiger partial charge >= 0.3 is 0 Å². The lowest BCUT2D eigenvalue weighted by molar-refractivity contribution is 0.0730. The maximum Gasteiger partial charge on any atom is 0.289 e. The molecule has 1 aliphatic rings. The molecule has 0 atom stereocenters. The van der Waals surface area contributed by atoms with Gasteiger partial charge in [-0.3, -0.25) is 4.79 Å². The first-order valence-electron chi connectivity index (χ1n) is 7.60. The lowest BCUT2D eigenvalue weighted by atomic mass is 10.0. The van der Waals surface area contributed by atoms with Gasteiger partial charge in [0, 0.05) is 18.7 Å². The second-order valence-corrected chi connectivity index (χ2v) is 5.76. The van der Waals surface area contributed by atoms with Gasteiger partial charge in [-0.25, -0.2) is 0 Å². The second-order valence-electron chi connectivity index (χ2n) is 5.76. The molecule has 4 heteroatoms. The fraction of sp³-hybridized carbons (Fsp3) is 0.389. The van der Waals surface area contributed by atoms with Gasteiger partial charge in [0.2, 0.25) is 0 Å². The number of furan rings is 1. The van der Waals surface area contributed by atoms with Crippen molar-refractivity contribution in [1.82, 2.24) is 4.90 Å². The third kappa shape index (κ3) is 2.49. The molecule has 1 aliphatic heterocycles. The number of ether oxygens (including phenoxy) is 1. The summed E-state index contributed by atoms with van der Waals surface area (Å²) in [5.41, 5.74) is 4.43. The van der Waals surface area contributed by atoms with Crippen molar-refractivity contribution in [3.8, 4) is 5.75 Å². The van der Waals surface area contributed by atoms with Crippen LogP contribution in [0, 0.1) is 13.8 Å². The van der Waals surface area contributed by atoms with Gasteiger partial charge < -0.3 is 14.1 Å². The SMILES string of the molecule is COc1cccc2c1CCN(C(=O)c1occ(C)c1C)CC2. The molecule has 0 spiro atoms. The lowest BCUT2D eigenvalue weighted by Crippen LogP contribution is -2.33. The van der Waals surface area contributed by atoms with Crippen LogP contribution in [-0.4, -0.2) is 31.0 Å². The number of hydrogen-bond donors (Lipinski definition) is 0. The molecule has 0 radical (unpaired) electrons. The molecule has 1 aromatic heterocycles. The van der Waals surface area contributed by atoms with Crippen LogP contribution in [0.15, 0.2) is 28.9 Å². The highest BCUT2D eigenvalue weighted by molar-refractivity contribution is 5.93. The first-order chi connectivity index (χ1) is 10.6. The summed E-state index contributed by atoms with van der Waals surface area (Å²) >= 11 is 0. The Kier molecular flexibility index (Phi) is 3.92. The molecule has 0 N–H and O–H groups in total. The van der Waals surface area contributed by atoms with Gasteiger partial charge in [0.25, 0.3) is 5.91 Å². The van der Waals surface area contributed by atoms with E-state index in [0.29, 0.717) is 18.8 Å². The van der Waals surface area contributed by atoms with Crippen molar-refractivity contribution in [2.24, 2.45) is 0 Å². The smallest absolute Gasteiger partial charge is 0.289 e. The summed E-state index contributed by atoms with van der Waals surface area (Å²) in [5, 5.41) is 0. The van der Waals surface area contributed by atoms with Crippen LogP contribution in [0.3, 0.4) is 0 Å². The van der Waals surface area contributed by atoms with Crippen LogP contribution >= 0.6 is 0 Å². The molecule has 0 saturated carbocycles. The highest BCUT2D eigenvalue weighted by atomic mass is 16.5. The number of carbonyl (C=O) groups is 1. The first kappa shape index (κ1) is 14.7. The van der Waals surface area contributed by atoms with E-state index >= 15 is 0 Å². The van der Waals surface area contributed by atoms with Crippen molar-refractivity contribution in [2.45, 2.75) is 26.7 Å². The molecule has 1 amide bonds. The number of methoxy groups -OCH3 is 1. The number of amides is 1. The van der Waals surface area contributed by atoms with Crippen LogP contribution in [0.1, 0.15) is 32.8 Å². The van der Waals surface area contributed by atoms with Crippen molar-refractivity contribution in [2.75, 3.05) is 20.2 Å². The van der Waals surface area contributed by atoms with Crippen LogP contribution in [0.5, 0.6) is 5.75 Å². The molecule has 4 nitrogen and oxygen atoms in total. The van der Waals surface area contributed by atoms with Gasteiger partial charge in [-0.15, -0.1) is 0 Å². The predicted octanol–water partition coefficient (Wildman–Crippen LogP) is 3.15. The molecule has 2 heterocycles. The largest absolute Gasteiger partial charge is 0.496 e. The van der Waals surface area contributed by atoms with Crippen LogP contribution in [-0.2, 0) is 12.8 Å². The van der Waals surface area contributed by atoms with Crippen molar-refractivity contribution in [3.63, 3.8) is 0 Å². The molecule has 0 fully saturated rings. The Bertz CT molecular complexity index is 702. The molecule has 22 heavy (non-hydrogen) atoms. The molecule has 3 rings (SSSR count). The maximum atomic E-state index is 12.7. The molecular formula is C18H21NO3. The molecule has 2 aromatic rings.